The van der Waals surface area contributed by atoms with Gasteiger partial charge in [-0.1, -0.05) is 17.2 Å². The van der Waals surface area contributed by atoms with E-state index in [0.717, 1.165) is 5.39 Å². The molecule has 0 aliphatic carbocycles. The van der Waals surface area contributed by atoms with Crippen molar-refractivity contribution < 1.29 is 19.2 Å². The molecule has 2 aromatic heterocycles. The van der Waals surface area contributed by atoms with Crippen molar-refractivity contribution in [3.05, 3.63) is 71.7 Å². The molecule has 0 saturated heterocycles. The number of aromatic nitrogens is 2. The molecule has 1 aliphatic rings. The van der Waals surface area contributed by atoms with E-state index >= 15 is 0 Å². The normalized spacial score (nSPS) is 13.2. The summed E-state index contributed by atoms with van der Waals surface area (Å²) in [6.07, 6.45) is 3.16. The van der Waals surface area contributed by atoms with Crippen molar-refractivity contribution in [1.82, 2.24) is 15.0 Å². The van der Waals surface area contributed by atoms with Crippen molar-refractivity contribution >= 4 is 28.7 Å². The van der Waals surface area contributed by atoms with Gasteiger partial charge in [-0.2, -0.15) is 0 Å². The maximum Gasteiger partial charge on any atom is 0.382 e. The Kier molecular flexibility index (Phi) is 3.06. The molecule has 0 N–H and O–H groups in total. The maximum atomic E-state index is 12.2. The topological polar surface area (TPSA) is 89.5 Å². The molecule has 0 bridgehead atoms. The van der Waals surface area contributed by atoms with Crippen LogP contribution in [0.25, 0.3) is 10.9 Å². The molecule has 24 heavy (non-hydrogen) atoms. The first-order chi connectivity index (χ1) is 11.6. The minimum atomic E-state index is -0.886. The molecule has 0 saturated carbocycles. The van der Waals surface area contributed by atoms with Gasteiger partial charge in [0.15, 0.2) is 5.69 Å². The van der Waals surface area contributed by atoms with Gasteiger partial charge in [0.1, 0.15) is 0 Å². The van der Waals surface area contributed by atoms with Gasteiger partial charge >= 0.3 is 5.97 Å². The molecule has 3 aromatic rings. The Bertz CT molecular complexity index is 980. The predicted octanol–water partition coefficient (Wildman–Crippen LogP) is 2.00. The minimum absolute atomic E-state index is 0.00902. The van der Waals surface area contributed by atoms with Crippen LogP contribution >= 0.6 is 0 Å². The zero-order chi connectivity index (χ0) is 16.7. The fourth-order valence-corrected chi connectivity index (χ4v) is 2.46. The summed E-state index contributed by atoms with van der Waals surface area (Å²) in [6.45, 7) is 0. The SMILES string of the molecule is O=C(ON1C(=O)c2ccccc2C1=O)c1ccc2cnccc2n1. The second-order valence-corrected chi connectivity index (χ2v) is 5.09. The van der Waals surface area contributed by atoms with Gasteiger partial charge in [-0.25, -0.2) is 9.78 Å². The molecule has 0 atom stereocenters. The van der Waals surface area contributed by atoms with Crippen LogP contribution in [0.2, 0.25) is 0 Å². The number of hydrogen-bond donors (Lipinski definition) is 0. The van der Waals surface area contributed by atoms with Crippen LogP contribution in [-0.2, 0) is 4.84 Å². The first kappa shape index (κ1) is 14.0. The van der Waals surface area contributed by atoms with E-state index in [0.29, 0.717) is 10.6 Å². The number of carbonyl (C=O) groups is 3. The highest BCUT2D eigenvalue weighted by molar-refractivity contribution is 6.21. The first-order valence-electron chi connectivity index (χ1n) is 7.06. The van der Waals surface area contributed by atoms with E-state index in [-0.39, 0.29) is 16.8 Å². The fraction of sp³-hybridized carbons (Fsp3) is 0. The Morgan fingerprint density at radius 1 is 0.958 bits per heavy atom. The average Bonchev–Trinajstić information content (AvgIpc) is 2.86. The third-order valence-corrected chi connectivity index (χ3v) is 3.63. The third kappa shape index (κ3) is 2.11. The van der Waals surface area contributed by atoms with E-state index in [9.17, 15) is 14.4 Å². The molecule has 0 radical (unpaired) electrons. The van der Waals surface area contributed by atoms with Crippen LogP contribution < -0.4 is 0 Å². The number of imide groups is 1. The Morgan fingerprint density at radius 2 is 1.67 bits per heavy atom. The first-order valence-corrected chi connectivity index (χ1v) is 7.06. The zero-order valence-corrected chi connectivity index (χ0v) is 12.2. The Balaban J connectivity index is 1.62. The Hall–Kier alpha value is -3.61. The number of pyridine rings is 2. The van der Waals surface area contributed by atoms with E-state index in [2.05, 4.69) is 9.97 Å². The van der Waals surface area contributed by atoms with Crippen molar-refractivity contribution in [2.24, 2.45) is 0 Å². The molecule has 4 rings (SSSR count). The van der Waals surface area contributed by atoms with Crippen LogP contribution in [0, 0.1) is 0 Å². The van der Waals surface area contributed by atoms with E-state index in [1.807, 2.05) is 0 Å². The molecule has 3 heterocycles. The lowest BCUT2D eigenvalue weighted by atomic mass is 10.1. The monoisotopic (exact) mass is 319 g/mol. The van der Waals surface area contributed by atoms with Crippen LogP contribution in [0.3, 0.4) is 0 Å². The van der Waals surface area contributed by atoms with Crippen LogP contribution in [-0.4, -0.2) is 32.8 Å². The lowest BCUT2D eigenvalue weighted by Crippen LogP contribution is -2.32. The van der Waals surface area contributed by atoms with Gasteiger partial charge in [-0.3, -0.25) is 14.6 Å². The van der Waals surface area contributed by atoms with Gasteiger partial charge in [-0.05, 0) is 30.3 Å². The van der Waals surface area contributed by atoms with Crippen molar-refractivity contribution in [2.75, 3.05) is 0 Å². The van der Waals surface area contributed by atoms with Gasteiger partial charge in [0, 0.05) is 17.8 Å². The fourth-order valence-electron chi connectivity index (χ4n) is 2.46. The molecular weight excluding hydrogens is 310 g/mol. The highest BCUT2D eigenvalue weighted by atomic mass is 16.7. The number of rotatable bonds is 2. The molecule has 1 aromatic carbocycles. The summed E-state index contributed by atoms with van der Waals surface area (Å²) < 4.78 is 0. The summed E-state index contributed by atoms with van der Waals surface area (Å²) >= 11 is 0. The number of nitrogens with zero attached hydrogens (tertiary/aromatic N) is 3. The lowest BCUT2D eigenvalue weighted by Gasteiger charge is -2.12. The smallest absolute Gasteiger partial charge is 0.323 e. The third-order valence-electron chi connectivity index (χ3n) is 3.63. The van der Waals surface area contributed by atoms with E-state index in [1.165, 1.54) is 18.2 Å². The van der Waals surface area contributed by atoms with Crippen LogP contribution in [0.1, 0.15) is 31.2 Å². The van der Waals surface area contributed by atoms with Crippen LogP contribution in [0.5, 0.6) is 0 Å². The summed E-state index contributed by atoms with van der Waals surface area (Å²) in [6, 6.07) is 11.0. The molecule has 1 aliphatic heterocycles. The Labute approximate surface area is 135 Å². The zero-order valence-electron chi connectivity index (χ0n) is 12.2. The summed E-state index contributed by atoms with van der Waals surface area (Å²) in [5, 5.41) is 1.22. The van der Waals surface area contributed by atoms with Crippen LogP contribution in [0.4, 0.5) is 0 Å². The standard InChI is InChI=1S/C17H9N3O4/c21-15-11-3-1-2-4-12(11)16(22)20(15)24-17(23)14-6-5-10-9-18-8-7-13(10)19-14/h1-9H. The molecule has 0 spiro atoms. The molecule has 0 unspecified atom stereocenters. The van der Waals surface area contributed by atoms with E-state index in [4.69, 9.17) is 4.84 Å². The number of hydrogen-bond acceptors (Lipinski definition) is 6. The maximum absolute atomic E-state index is 12.2. The number of carbonyl (C=O) groups excluding carboxylic acids is 3. The van der Waals surface area contributed by atoms with Crippen molar-refractivity contribution in [3.8, 4) is 0 Å². The minimum Gasteiger partial charge on any atom is -0.323 e. The summed E-state index contributed by atoms with van der Waals surface area (Å²) in [5.74, 6) is -2.23. The highest BCUT2D eigenvalue weighted by Gasteiger charge is 2.38. The second kappa shape index (κ2) is 5.24. The summed E-state index contributed by atoms with van der Waals surface area (Å²) in [4.78, 5) is 49.7. The van der Waals surface area contributed by atoms with E-state index in [1.54, 1.807) is 36.7 Å². The molecule has 2 amide bonds. The van der Waals surface area contributed by atoms with Gasteiger partial charge in [0.25, 0.3) is 11.8 Å². The molecule has 0 fully saturated rings. The van der Waals surface area contributed by atoms with Gasteiger partial charge < -0.3 is 4.84 Å². The van der Waals surface area contributed by atoms with Crippen LogP contribution in [0.15, 0.2) is 54.9 Å². The largest absolute Gasteiger partial charge is 0.382 e. The number of hydroxylamine groups is 2. The van der Waals surface area contributed by atoms with Crippen molar-refractivity contribution in [1.29, 1.82) is 0 Å². The molecule has 7 nitrogen and oxygen atoms in total. The van der Waals surface area contributed by atoms with Crippen molar-refractivity contribution in [3.63, 3.8) is 0 Å². The van der Waals surface area contributed by atoms with E-state index < -0.39 is 17.8 Å². The number of amides is 2. The quantitative estimate of drug-likeness (QED) is 0.671. The van der Waals surface area contributed by atoms with Crippen molar-refractivity contribution in [2.45, 2.75) is 0 Å². The number of fused-ring (bicyclic) bond motifs is 2. The second-order valence-electron chi connectivity index (χ2n) is 5.09. The molecular formula is C17H9N3O4. The summed E-state index contributed by atoms with van der Waals surface area (Å²) in [7, 11) is 0. The molecule has 7 heteroatoms. The van der Waals surface area contributed by atoms with Gasteiger partial charge in [0.05, 0.1) is 16.6 Å². The lowest BCUT2D eigenvalue weighted by molar-refractivity contribution is -0.0588. The average molecular weight is 319 g/mol. The number of benzene rings is 1. The van der Waals surface area contributed by atoms with Gasteiger partial charge in [0.2, 0.25) is 0 Å². The highest BCUT2D eigenvalue weighted by Crippen LogP contribution is 2.23. The predicted molar refractivity (Wildman–Crippen MR) is 81.9 cm³/mol. The molecule has 116 valence electrons. The Morgan fingerprint density at radius 3 is 2.38 bits per heavy atom. The summed E-state index contributed by atoms with van der Waals surface area (Å²) in [5.41, 5.74) is 0.952. The van der Waals surface area contributed by atoms with Gasteiger partial charge in [-0.15, -0.1) is 0 Å².